The van der Waals surface area contributed by atoms with Crippen molar-refractivity contribution in [2.75, 3.05) is 11.9 Å². The number of aromatic nitrogens is 4. The summed E-state index contributed by atoms with van der Waals surface area (Å²) >= 11 is 0. The summed E-state index contributed by atoms with van der Waals surface area (Å²) in [7, 11) is 0. The van der Waals surface area contributed by atoms with Crippen molar-refractivity contribution in [3.8, 4) is 23.2 Å². The lowest BCUT2D eigenvalue weighted by Gasteiger charge is -2.09. The van der Waals surface area contributed by atoms with E-state index >= 15 is 0 Å². The summed E-state index contributed by atoms with van der Waals surface area (Å²) in [5.41, 5.74) is 2.51. The first-order chi connectivity index (χ1) is 15.5. The highest BCUT2D eigenvalue weighted by atomic mass is 19.1. The molecule has 4 rings (SSSR count). The first-order valence-corrected chi connectivity index (χ1v) is 9.79. The highest BCUT2D eigenvalue weighted by Crippen LogP contribution is 2.22. The Balaban J connectivity index is 1.31. The molecule has 0 saturated heterocycles. The predicted octanol–water partition coefficient (Wildman–Crippen LogP) is 4.23. The van der Waals surface area contributed by atoms with Gasteiger partial charge in [-0.25, -0.2) is 9.37 Å². The molecule has 0 aliphatic heterocycles. The normalized spacial score (nSPS) is 10.6. The van der Waals surface area contributed by atoms with Crippen LogP contribution >= 0.6 is 0 Å². The molecule has 0 fully saturated rings. The third kappa shape index (κ3) is 5.07. The second-order valence-electron chi connectivity index (χ2n) is 6.93. The van der Waals surface area contributed by atoms with Crippen LogP contribution in [0.1, 0.15) is 11.4 Å². The second kappa shape index (κ2) is 9.25. The van der Waals surface area contributed by atoms with E-state index in [4.69, 9.17) is 9.47 Å². The SMILES string of the molecule is Cc1ncn(-c2ccc(Oc3ccc(NC(=O)COc4ccc(F)cc4)cc3)nn2)c1C. The fourth-order valence-corrected chi connectivity index (χ4v) is 2.83. The van der Waals surface area contributed by atoms with Crippen LogP contribution in [0, 0.1) is 19.7 Å². The van der Waals surface area contributed by atoms with Crippen molar-refractivity contribution in [3.05, 3.63) is 84.2 Å². The van der Waals surface area contributed by atoms with E-state index in [9.17, 15) is 9.18 Å². The van der Waals surface area contributed by atoms with Gasteiger partial charge in [0.05, 0.1) is 5.69 Å². The molecular weight excluding hydrogens is 413 g/mol. The standard InChI is InChI=1S/C23H20FN5O3/c1-15-16(2)29(14-25-15)21-11-12-23(28-27-21)32-20-9-5-18(6-10-20)26-22(30)13-31-19-7-3-17(24)4-8-19/h3-12,14H,13H2,1-2H3,(H,26,30). The average Bonchev–Trinajstić information content (AvgIpc) is 3.13. The predicted molar refractivity (Wildman–Crippen MR) is 116 cm³/mol. The zero-order chi connectivity index (χ0) is 22.5. The Morgan fingerprint density at radius 1 is 0.969 bits per heavy atom. The highest BCUT2D eigenvalue weighted by molar-refractivity contribution is 5.91. The lowest BCUT2D eigenvalue weighted by Crippen LogP contribution is -2.20. The van der Waals surface area contributed by atoms with E-state index in [1.165, 1.54) is 24.3 Å². The van der Waals surface area contributed by atoms with Gasteiger partial charge in [0.25, 0.3) is 5.91 Å². The van der Waals surface area contributed by atoms with Gasteiger partial charge >= 0.3 is 0 Å². The zero-order valence-electron chi connectivity index (χ0n) is 17.4. The van der Waals surface area contributed by atoms with E-state index in [1.54, 1.807) is 42.7 Å². The number of ether oxygens (including phenoxy) is 2. The number of imidazole rings is 1. The van der Waals surface area contributed by atoms with Crippen molar-refractivity contribution in [2.45, 2.75) is 13.8 Å². The number of carbonyl (C=O) groups is 1. The number of halogens is 1. The summed E-state index contributed by atoms with van der Waals surface area (Å²) in [4.78, 5) is 16.3. The van der Waals surface area contributed by atoms with Crippen LogP contribution in [-0.4, -0.2) is 32.3 Å². The van der Waals surface area contributed by atoms with Crippen LogP contribution in [0.3, 0.4) is 0 Å². The van der Waals surface area contributed by atoms with Gasteiger partial charge in [0, 0.05) is 17.4 Å². The molecule has 9 heteroatoms. The molecule has 0 radical (unpaired) electrons. The summed E-state index contributed by atoms with van der Waals surface area (Å²) in [6.45, 7) is 3.70. The molecule has 2 aromatic carbocycles. The van der Waals surface area contributed by atoms with Crippen molar-refractivity contribution in [1.29, 1.82) is 0 Å². The lowest BCUT2D eigenvalue weighted by molar-refractivity contribution is -0.118. The van der Waals surface area contributed by atoms with E-state index in [0.29, 0.717) is 28.9 Å². The molecule has 0 aliphatic rings. The van der Waals surface area contributed by atoms with Crippen LogP contribution in [0.4, 0.5) is 10.1 Å². The molecule has 32 heavy (non-hydrogen) atoms. The summed E-state index contributed by atoms with van der Waals surface area (Å²) < 4.78 is 25.8. The summed E-state index contributed by atoms with van der Waals surface area (Å²) in [5.74, 6) is 1.24. The van der Waals surface area contributed by atoms with E-state index in [0.717, 1.165) is 11.4 Å². The number of hydrogen-bond donors (Lipinski definition) is 1. The third-order valence-corrected chi connectivity index (χ3v) is 4.67. The van der Waals surface area contributed by atoms with Gasteiger partial charge in [0.15, 0.2) is 12.4 Å². The topological polar surface area (TPSA) is 91.2 Å². The number of rotatable bonds is 7. The van der Waals surface area contributed by atoms with E-state index < -0.39 is 0 Å². The minimum atomic E-state index is -0.366. The van der Waals surface area contributed by atoms with Gasteiger partial charge in [0.1, 0.15) is 23.6 Å². The number of benzene rings is 2. The maximum Gasteiger partial charge on any atom is 0.262 e. The van der Waals surface area contributed by atoms with E-state index in [2.05, 4.69) is 20.5 Å². The first-order valence-electron chi connectivity index (χ1n) is 9.79. The van der Waals surface area contributed by atoms with Crippen LogP contribution in [0.15, 0.2) is 67.0 Å². The number of nitrogens with one attached hydrogen (secondary N) is 1. The van der Waals surface area contributed by atoms with Crippen molar-refractivity contribution in [1.82, 2.24) is 19.7 Å². The van der Waals surface area contributed by atoms with Crippen molar-refractivity contribution < 1.29 is 18.7 Å². The Morgan fingerprint density at radius 3 is 2.31 bits per heavy atom. The quantitative estimate of drug-likeness (QED) is 0.469. The number of carbonyl (C=O) groups excluding carboxylic acids is 1. The van der Waals surface area contributed by atoms with Gasteiger partial charge in [-0.2, -0.15) is 0 Å². The number of aryl methyl sites for hydroxylation is 1. The molecule has 1 N–H and O–H groups in total. The molecule has 0 spiro atoms. The minimum absolute atomic E-state index is 0.193. The van der Waals surface area contributed by atoms with Crippen molar-refractivity contribution >= 4 is 11.6 Å². The fraction of sp³-hybridized carbons (Fsp3) is 0.130. The lowest BCUT2D eigenvalue weighted by atomic mass is 10.3. The van der Waals surface area contributed by atoms with E-state index in [1.807, 2.05) is 18.4 Å². The van der Waals surface area contributed by atoms with Crippen molar-refractivity contribution in [3.63, 3.8) is 0 Å². The molecular formula is C23H20FN5O3. The van der Waals surface area contributed by atoms with Gasteiger partial charge in [-0.05, 0) is 68.4 Å². The van der Waals surface area contributed by atoms with Crippen LogP contribution < -0.4 is 14.8 Å². The molecule has 0 atom stereocenters. The van der Waals surface area contributed by atoms with Gasteiger partial charge in [-0.3, -0.25) is 9.36 Å². The summed E-state index contributed by atoms with van der Waals surface area (Å²) in [5, 5.41) is 11.0. The molecule has 1 amide bonds. The number of anilines is 1. The van der Waals surface area contributed by atoms with E-state index in [-0.39, 0.29) is 18.3 Å². The molecule has 0 unspecified atom stereocenters. The molecule has 2 aromatic heterocycles. The summed E-state index contributed by atoms with van der Waals surface area (Å²) in [6.07, 6.45) is 1.70. The molecule has 8 nitrogen and oxygen atoms in total. The van der Waals surface area contributed by atoms with Gasteiger partial charge in [-0.1, -0.05) is 0 Å². The molecule has 0 bridgehead atoms. The maximum atomic E-state index is 12.9. The molecule has 0 saturated carbocycles. The van der Waals surface area contributed by atoms with Crippen LogP contribution in [-0.2, 0) is 4.79 Å². The molecule has 162 valence electrons. The number of amides is 1. The monoisotopic (exact) mass is 433 g/mol. The fourth-order valence-electron chi connectivity index (χ4n) is 2.83. The molecule has 4 aromatic rings. The minimum Gasteiger partial charge on any atom is -0.484 e. The second-order valence-corrected chi connectivity index (χ2v) is 6.93. The Hall–Kier alpha value is -4.27. The highest BCUT2D eigenvalue weighted by Gasteiger charge is 2.08. The smallest absolute Gasteiger partial charge is 0.262 e. The van der Waals surface area contributed by atoms with Crippen molar-refractivity contribution in [2.24, 2.45) is 0 Å². The van der Waals surface area contributed by atoms with Crippen LogP contribution in [0.2, 0.25) is 0 Å². The molecule has 0 aliphatic carbocycles. The third-order valence-electron chi connectivity index (χ3n) is 4.67. The first kappa shape index (κ1) is 21.0. The summed E-state index contributed by atoms with van der Waals surface area (Å²) in [6, 6.07) is 15.8. The van der Waals surface area contributed by atoms with Gasteiger partial charge < -0.3 is 14.8 Å². The Kier molecular flexibility index (Phi) is 6.07. The average molecular weight is 433 g/mol. The maximum absolute atomic E-state index is 12.9. The van der Waals surface area contributed by atoms with Gasteiger partial charge in [0.2, 0.25) is 5.88 Å². The van der Waals surface area contributed by atoms with Crippen LogP contribution in [0.5, 0.6) is 17.4 Å². The van der Waals surface area contributed by atoms with Gasteiger partial charge in [-0.15, -0.1) is 10.2 Å². The largest absolute Gasteiger partial charge is 0.484 e. The molecule has 2 heterocycles. The van der Waals surface area contributed by atoms with Crippen LogP contribution in [0.25, 0.3) is 5.82 Å². The Morgan fingerprint density at radius 2 is 1.69 bits per heavy atom. The Bertz CT molecular complexity index is 1210. The zero-order valence-corrected chi connectivity index (χ0v) is 17.4. The number of hydrogen-bond acceptors (Lipinski definition) is 6. The Labute approximate surface area is 183 Å². The number of nitrogens with zero attached hydrogens (tertiary/aromatic N) is 4.